The Bertz CT molecular complexity index is 180. The number of nitrogens with zero attached hydrogens (tertiary/aromatic N) is 2. The minimum atomic E-state index is 0.862. The first-order valence-corrected chi connectivity index (χ1v) is 4.94. The van der Waals surface area contributed by atoms with Crippen molar-refractivity contribution in [1.82, 2.24) is 4.90 Å². The maximum Gasteiger partial charge on any atom is 0.234 e. The zero-order valence-electron chi connectivity index (χ0n) is 7.95. The highest BCUT2D eigenvalue weighted by atomic mass is 16.5. The van der Waals surface area contributed by atoms with E-state index in [1.54, 1.807) is 0 Å². The Balaban J connectivity index is 1.85. The summed E-state index contributed by atoms with van der Waals surface area (Å²) in [5.74, 6) is 0. The molecule has 2 rings (SSSR count). The SMILES string of the molecule is C(N1CCOCC1)=[N+]1CCOCC1. The van der Waals surface area contributed by atoms with Crippen molar-refractivity contribution in [1.29, 1.82) is 0 Å². The van der Waals surface area contributed by atoms with Crippen LogP contribution >= 0.6 is 0 Å². The smallest absolute Gasteiger partial charge is 0.234 e. The summed E-state index contributed by atoms with van der Waals surface area (Å²) >= 11 is 0. The van der Waals surface area contributed by atoms with Gasteiger partial charge < -0.3 is 9.47 Å². The van der Waals surface area contributed by atoms with Crippen LogP contribution in [0.1, 0.15) is 0 Å². The number of hydrogen-bond acceptors (Lipinski definition) is 2. The lowest BCUT2D eigenvalue weighted by Gasteiger charge is -2.21. The van der Waals surface area contributed by atoms with Crippen LogP contribution in [0.2, 0.25) is 0 Å². The van der Waals surface area contributed by atoms with Crippen molar-refractivity contribution in [2.45, 2.75) is 0 Å². The molecule has 4 heteroatoms. The highest BCUT2D eigenvalue weighted by Gasteiger charge is 2.15. The molecule has 2 saturated heterocycles. The molecule has 2 fully saturated rings. The van der Waals surface area contributed by atoms with Gasteiger partial charge in [0.1, 0.15) is 26.2 Å². The molecule has 4 nitrogen and oxygen atoms in total. The third kappa shape index (κ3) is 2.67. The summed E-state index contributed by atoms with van der Waals surface area (Å²) in [4.78, 5) is 2.33. The average Bonchev–Trinajstić information content (AvgIpc) is 2.21. The Kier molecular flexibility index (Phi) is 3.16. The number of rotatable bonds is 1. The molecule has 13 heavy (non-hydrogen) atoms. The van der Waals surface area contributed by atoms with Crippen molar-refractivity contribution in [3.05, 3.63) is 0 Å². The van der Waals surface area contributed by atoms with Gasteiger partial charge in [-0.25, -0.2) is 0 Å². The Hall–Kier alpha value is -0.610. The van der Waals surface area contributed by atoms with Gasteiger partial charge in [-0.05, 0) is 0 Å². The van der Waals surface area contributed by atoms with Crippen LogP contribution in [-0.4, -0.2) is 68.4 Å². The van der Waals surface area contributed by atoms with Gasteiger partial charge >= 0.3 is 0 Å². The zero-order chi connectivity index (χ0) is 8.93. The fraction of sp³-hybridized carbons (Fsp3) is 0.889. The van der Waals surface area contributed by atoms with Crippen molar-refractivity contribution in [3.63, 3.8) is 0 Å². The van der Waals surface area contributed by atoms with E-state index in [1.807, 2.05) is 0 Å². The molecule has 0 atom stereocenters. The Morgan fingerprint density at radius 3 is 2.23 bits per heavy atom. The highest BCUT2D eigenvalue weighted by molar-refractivity contribution is 5.48. The van der Waals surface area contributed by atoms with Gasteiger partial charge in [-0.2, -0.15) is 0 Å². The third-order valence-electron chi connectivity index (χ3n) is 2.42. The van der Waals surface area contributed by atoms with Crippen LogP contribution in [0.15, 0.2) is 0 Å². The lowest BCUT2D eigenvalue weighted by Crippen LogP contribution is -2.40. The molecule has 2 aliphatic heterocycles. The molecule has 0 bridgehead atoms. The van der Waals surface area contributed by atoms with Gasteiger partial charge in [-0.15, -0.1) is 0 Å². The maximum absolute atomic E-state index is 5.28. The standard InChI is InChI=1S/C9H17N2O2/c1-5-12-6-2-10(1)9-11-3-7-13-8-4-11/h9H,1-8H2/q+1. The van der Waals surface area contributed by atoms with E-state index in [-0.39, 0.29) is 0 Å². The molecule has 74 valence electrons. The summed E-state index contributed by atoms with van der Waals surface area (Å²) in [6.45, 7) is 7.55. The summed E-state index contributed by atoms with van der Waals surface area (Å²) < 4.78 is 12.9. The quantitative estimate of drug-likeness (QED) is 0.402. The van der Waals surface area contributed by atoms with Crippen LogP contribution in [0.3, 0.4) is 0 Å². The van der Waals surface area contributed by atoms with E-state index in [4.69, 9.17) is 9.47 Å². The van der Waals surface area contributed by atoms with Crippen LogP contribution in [0.4, 0.5) is 0 Å². The Labute approximate surface area is 78.7 Å². The fourth-order valence-corrected chi connectivity index (χ4v) is 1.62. The van der Waals surface area contributed by atoms with Crippen molar-refractivity contribution < 1.29 is 14.0 Å². The van der Waals surface area contributed by atoms with Crippen LogP contribution in [0.25, 0.3) is 0 Å². The molecule has 0 N–H and O–H groups in total. The molecular formula is C9H17N2O2+. The van der Waals surface area contributed by atoms with E-state index in [9.17, 15) is 0 Å². The lowest BCUT2D eigenvalue weighted by atomic mass is 10.4. The van der Waals surface area contributed by atoms with E-state index in [0.717, 1.165) is 52.6 Å². The van der Waals surface area contributed by atoms with Crippen molar-refractivity contribution in [3.8, 4) is 0 Å². The molecule has 0 amide bonds. The maximum atomic E-state index is 5.28. The molecule has 0 spiro atoms. The molecule has 0 saturated carbocycles. The molecular weight excluding hydrogens is 168 g/mol. The van der Waals surface area contributed by atoms with Gasteiger partial charge in [0, 0.05) is 0 Å². The zero-order valence-corrected chi connectivity index (χ0v) is 7.95. The number of morpholine rings is 2. The third-order valence-corrected chi connectivity index (χ3v) is 2.42. The normalized spacial score (nSPS) is 24.6. The van der Waals surface area contributed by atoms with E-state index < -0.39 is 0 Å². The van der Waals surface area contributed by atoms with E-state index in [0.29, 0.717) is 0 Å². The minimum absolute atomic E-state index is 0.862. The molecule has 0 unspecified atom stereocenters. The number of ether oxygens (including phenoxy) is 2. The fourth-order valence-electron chi connectivity index (χ4n) is 1.62. The largest absolute Gasteiger partial charge is 0.373 e. The van der Waals surface area contributed by atoms with Crippen molar-refractivity contribution >= 4 is 6.34 Å². The summed E-state index contributed by atoms with van der Waals surface area (Å²) in [6.07, 6.45) is 2.23. The summed E-state index contributed by atoms with van der Waals surface area (Å²) in [7, 11) is 0. The van der Waals surface area contributed by atoms with E-state index in [1.165, 1.54) is 0 Å². The second kappa shape index (κ2) is 4.58. The number of hydrogen-bond donors (Lipinski definition) is 0. The molecule has 0 aromatic heterocycles. The summed E-state index contributed by atoms with van der Waals surface area (Å²) in [5, 5.41) is 0. The molecule has 0 aromatic carbocycles. The van der Waals surface area contributed by atoms with Crippen LogP contribution < -0.4 is 0 Å². The molecule has 0 aliphatic carbocycles. The first-order chi connectivity index (χ1) is 6.45. The van der Waals surface area contributed by atoms with Crippen LogP contribution in [0.5, 0.6) is 0 Å². The average molecular weight is 185 g/mol. The predicted octanol–water partition coefficient (Wildman–Crippen LogP) is -0.610. The second-order valence-corrected chi connectivity index (χ2v) is 3.41. The molecule has 0 radical (unpaired) electrons. The van der Waals surface area contributed by atoms with Gasteiger partial charge in [0.05, 0.1) is 26.4 Å². The van der Waals surface area contributed by atoms with Gasteiger partial charge in [0.2, 0.25) is 6.34 Å². The summed E-state index contributed by atoms with van der Waals surface area (Å²) in [5.41, 5.74) is 0. The van der Waals surface area contributed by atoms with Crippen molar-refractivity contribution in [2.24, 2.45) is 0 Å². The second-order valence-electron chi connectivity index (χ2n) is 3.41. The first-order valence-electron chi connectivity index (χ1n) is 4.94. The van der Waals surface area contributed by atoms with Crippen LogP contribution in [-0.2, 0) is 9.47 Å². The van der Waals surface area contributed by atoms with Gasteiger partial charge in [0.25, 0.3) is 0 Å². The first kappa shape index (κ1) is 8.97. The van der Waals surface area contributed by atoms with Gasteiger partial charge in [0.15, 0.2) is 0 Å². The van der Waals surface area contributed by atoms with E-state index >= 15 is 0 Å². The van der Waals surface area contributed by atoms with Gasteiger partial charge in [-0.3, -0.25) is 9.48 Å². The predicted molar refractivity (Wildman–Crippen MR) is 49.3 cm³/mol. The lowest BCUT2D eigenvalue weighted by molar-refractivity contribution is -0.549. The molecule has 2 heterocycles. The highest BCUT2D eigenvalue weighted by Crippen LogP contribution is 1.94. The Morgan fingerprint density at radius 1 is 0.923 bits per heavy atom. The van der Waals surface area contributed by atoms with Crippen molar-refractivity contribution in [2.75, 3.05) is 52.6 Å². The molecule has 0 aromatic rings. The topological polar surface area (TPSA) is 24.7 Å². The monoisotopic (exact) mass is 185 g/mol. The summed E-state index contributed by atoms with van der Waals surface area (Å²) in [6, 6.07) is 0. The van der Waals surface area contributed by atoms with Gasteiger partial charge in [-0.1, -0.05) is 0 Å². The Morgan fingerprint density at radius 2 is 1.54 bits per heavy atom. The van der Waals surface area contributed by atoms with Crippen LogP contribution in [0, 0.1) is 0 Å². The minimum Gasteiger partial charge on any atom is -0.373 e. The molecule has 2 aliphatic rings. The van der Waals surface area contributed by atoms with E-state index in [2.05, 4.69) is 15.8 Å².